The van der Waals surface area contributed by atoms with Gasteiger partial charge in [-0.3, -0.25) is 4.79 Å². The monoisotopic (exact) mass is 537 g/mol. The van der Waals surface area contributed by atoms with Crippen LogP contribution in [0.1, 0.15) is 10.4 Å². The van der Waals surface area contributed by atoms with Gasteiger partial charge in [-0.05, 0) is 18.2 Å². The molecule has 0 heterocycles. The quantitative estimate of drug-likeness (QED) is 0.240. The molecule has 0 radical (unpaired) electrons. The summed E-state index contributed by atoms with van der Waals surface area (Å²) in [6, 6.07) is 6.25. The van der Waals surface area contributed by atoms with Gasteiger partial charge in [-0.1, -0.05) is 12.1 Å². The van der Waals surface area contributed by atoms with E-state index in [-0.39, 0.29) is 93.8 Å². The number of carbonyl (C=O) groups excluding carboxylic acids is 2. The minimum absolute atomic E-state index is 0. The van der Waals surface area contributed by atoms with Gasteiger partial charge in [0.15, 0.2) is 0 Å². The van der Waals surface area contributed by atoms with Gasteiger partial charge in [0.05, 0.1) is 24.7 Å². The molecular weight excluding hydrogens is 518 g/mol. The van der Waals surface area contributed by atoms with Gasteiger partial charge in [0.2, 0.25) is 0 Å². The Morgan fingerprint density at radius 1 is 1.33 bits per heavy atom. The van der Waals surface area contributed by atoms with Crippen molar-refractivity contribution in [2.75, 3.05) is 26.4 Å². The number of para-hydroxylation sites is 1. The van der Waals surface area contributed by atoms with Crippen LogP contribution in [0.3, 0.4) is 0 Å². The summed E-state index contributed by atoms with van der Waals surface area (Å²) in [6.07, 6.45) is -0.502. The molecule has 0 aromatic heterocycles. The number of carbonyl (C=O) groups is 2. The molecule has 0 saturated carbocycles. The molecule has 1 atom stereocenters. The Kier molecular flexibility index (Phi) is 19.4. The summed E-state index contributed by atoms with van der Waals surface area (Å²) in [4.78, 5) is 22.4. The van der Waals surface area contributed by atoms with Gasteiger partial charge in [-0.2, -0.15) is 0 Å². The first kappa shape index (κ1) is 28.6. The maximum absolute atomic E-state index is 12.0. The summed E-state index contributed by atoms with van der Waals surface area (Å²) in [7, 11) is 0. The van der Waals surface area contributed by atoms with Crippen LogP contribution < -0.4 is 44.7 Å². The van der Waals surface area contributed by atoms with Gasteiger partial charge in [0.1, 0.15) is 12.4 Å². The molecule has 0 fully saturated rings. The zero-order valence-electron chi connectivity index (χ0n) is 13.6. The molecule has 1 unspecified atom stereocenters. The molecule has 0 aliphatic rings. The molecule has 124 valence electrons. The molecule has 0 spiro atoms. The van der Waals surface area contributed by atoms with Crippen LogP contribution in [0.25, 0.3) is 0 Å². The predicted molar refractivity (Wildman–Crippen MR) is 73.4 cm³/mol. The molecular formula is C14H18HgNNaO7. The first-order valence-corrected chi connectivity index (χ1v) is 6.30. The Morgan fingerprint density at radius 2 is 1.96 bits per heavy atom. The number of aliphatic hydroxyl groups is 1. The van der Waals surface area contributed by atoms with Gasteiger partial charge >= 0.3 is 57.2 Å². The van der Waals surface area contributed by atoms with Crippen LogP contribution in [0.4, 0.5) is 0 Å². The van der Waals surface area contributed by atoms with Gasteiger partial charge in [-0.15, -0.1) is 0 Å². The van der Waals surface area contributed by atoms with Gasteiger partial charge in [0.25, 0.3) is 5.91 Å². The second-order valence-electron chi connectivity index (χ2n) is 4.08. The zero-order chi connectivity index (χ0) is 15.7. The third kappa shape index (κ3) is 11.4. The van der Waals surface area contributed by atoms with Crippen molar-refractivity contribution in [1.29, 1.82) is 0 Å². The molecule has 1 aromatic rings. The van der Waals surface area contributed by atoms with E-state index in [1.54, 1.807) is 12.1 Å². The molecule has 1 rings (SSSR count). The van der Waals surface area contributed by atoms with Crippen LogP contribution >= 0.6 is 0 Å². The van der Waals surface area contributed by atoms with E-state index in [0.29, 0.717) is 0 Å². The summed E-state index contributed by atoms with van der Waals surface area (Å²) in [5.74, 6) is -1.67. The number of amides is 1. The molecule has 1 aromatic carbocycles. The maximum atomic E-state index is 12.0. The average molecular weight is 536 g/mol. The number of carboxylic acids is 1. The van der Waals surface area contributed by atoms with Crippen molar-refractivity contribution in [3.63, 3.8) is 0 Å². The number of hydrogen-bond donors (Lipinski definition) is 2. The van der Waals surface area contributed by atoms with Crippen LogP contribution in [0.15, 0.2) is 24.3 Å². The van der Waals surface area contributed by atoms with Gasteiger partial charge in [-0.25, -0.2) is 0 Å². The predicted octanol–water partition coefficient (Wildman–Crippen LogP) is -4.42. The van der Waals surface area contributed by atoms with Crippen molar-refractivity contribution < 1.29 is 92.0 Å². The second-order valence-corrected chi connectivity index (χ2v) is 4.08. The van der Waals surface area contributed by atoms with Crippen LogP contribution in [-0.4, -0.2) is 54.9 Å². The molecule has 24 heavy (non-hydrogen) atoms. The molecule has 0 aliphatic carbocycles. The number of hydrogen-bond acceptors (Lipinski definition) is 7. The number of carboxylic acid groups (broad SMARTS) is 1. The van der Waals surface area contributed by atoms with E-state index in [0.717, 1.165) is 0 Å². The van der Waals surface area contributed by atoms with Crippen LogP contribution in [0, 0.1) is 6.92 Å². The van der Waals surface area contributed by atoms with Crippen molar-refractivity contribution >= 4 is 11.9 Å². The normalized spacial score (nSPS) is 10.2. The summed E-state index contributed by atoms with van der Waals surface area (Å²) in [5.41, 5.74) is 0.202. The molecule has 0 bridgehead atoms. The van der Waals surface area contributed by atoms with E-state index < -0.39 is 24.6 Å². The third-order valence-electron chi connectivity index (χ3n) is 2.41. The van der Waals surface area contributed by atoms with Crippen molar-refractivity contribution in [3.05, 3.63) is 36.8 Å². The Morgan fingerprint density at radius 3 is 2.54 bits per heavy atom. The van der Waals surface area contributed by atoms with Gasteiger partial charge < -0.3 is 42.2 Å². The third-order valence-corrected chi connectivity index (χ3v) is 2.41. The average Bonchev–Trinajstić information content (AvgIpc) is 2.48. The summed E-state index contributed by atoms with van der Waals surface area (Å²) in [6.45, 7) is 3.18. The van der Waals surface area contributed by atoms with Crippen molar-refractivity contribution in [2.45, 2.75) is 6.10 Å². The topological polar surface area (TPSA) is 138 Å². The molecule has 3 N–H and O–H groups in total. The van der Waals surface area contributed by atoms with E-state index in [2.05, 4.69) is 12.2 Å². The van der Waals surface area contributed by atoms with E-state index >= 15 is 0 Å². The van der Waals surface area contributed by atoms with E-state index in [4.69, 9.17) is 14.6 Å². The Balaban J connectivity index is -0.00000147. The Labute approximate surface area is 183 Å². The molecule has 0 saturated heterocycles. The smallest absolute Gasteiger partial charge is 0.870 e. The number of rotatable bonds is 9. The summed E-state index contributed by atoms with van der Waals surface area (Å²) < 4.78 is 10.1. The van der Waals surface area contributed by atoms with E-state index in [9.17, 15) is 14.7 Å². The molecule has 8 nitrogen and oxygen atoms in total. The fourth-order valence-electron chi connectivity index (χ4n) is 1.50. The Bertz CT molecular complexity index is 490. The van der Waals surface area contributed by atoms with Crippen molar-refractivity contribution in [3.8, 4) is 5.75 Å². The van der Waals surface area contributed by atoms with E-state index in [1.807, 2.05) is 0 Å². The number of nitrogens with one attached hydrogen (secondary N) is 1. The number of ether oxygens (including phenoxy) is 2. The number of aliphatic hydroxyl groups excluding tert-OH is 1. The fourth-order valence-corrected chi connectivity index (χ4v) is 1.50. The minimum Gasteiger partial charge on any atom is -0.870 e. The SMILES string of the molecule is [CH2-]C(CNC(=O)c1ccccc1OCC(=O)[O-])OCCO.[Hg+2].[Na+].[OH-]. The van der Waals surface area contributed by atoms with Gasteiger partial charge in [0, 0.05) is 6.54 Å². The summed E-state index contributed by atoms with van der Waals surface area (Å²) in [5, 5.41) is 21.6. The molecule has 1 amide bonds. The first-order valence-electron chi connectivity index (χ1n) is 6.30. The van der Waals surface area contributed by atoms with E-state index in [1.165, 1.54) is 12.1 Å². The Hall–Kier alpha value is -0.225. The number of aliphatic carboxylic acids is 1. The largest absolute Gasteiger partial charge is 2.00 e. The maximum Gasteiger partial charge on any atom is 2.00 e. The summed E-state index contributed by atoms with van der Waals surface area (Å²) >= 11 is 0. The molecule has 0 aliphatic heterocycles. The zero-order valence-corrected chi connectivity index (χ0v) is 21.1. The van der Waals surface area contributed by atoms with Crippen LogP contribution in [-0.2, 0) is 37.2 Å². The first-order chi connectivity index (χ1) is 10.0. The minimum atomic E-state index is -1.37. The second kappa shape index (κ2) is 16.3. The van der Waals surface area contributed by atoms with Crippen molar-refractivity contribution in [1.82, 2.24) is 5.32 Å². The fraction of sp³-hybridized carbons (Fsp3) is 0.357. The number of benzene rings is 1. The van der Waals surface area contributed by atoms with Crippen LogP contribution in [0.2, 0.25) is 0 Å². The standard InChI is InChI=1S/C14H18NO6.Hg.Na.H2O/c1-10(20-7-6-16)8-15-14(19)11-4-2-3-5-12(11)21-9-13(17)18;;;/h2-5,10,16H,1,6-9H2,(H,15,19)(H,17,18);;;1H2/q-1;+2;+1;/p-2. The van der Waals surface area contributed by atoms with Crippen molar-refractivity contribution in [2.24, 2.45) is 0 Å². The molecule has 10 heteroatoms. The van der Waals surface area contributed by atoms with Crippen LogP contribution in [0.5, 0.6) is 5.75 Å².